The second-order valence-electron chi connectivity index (χ2n) is 4.96. The summed E-state index contributed by atoms with van der Waals surface area (Å²) in [6.07, 6.45) is 1.58. The summed E-state index contributed by atoms with van der Waals surface area (Å²) in [7, 11) is 0. The molecule has 0 saturated carbocycles. The highest BCUT2D eigenvalue weighted by molar-refractivity contribution is 7.80. The van der Waals surface area contributed by atoms with Crippen molar-refractivity contribution in [2.45, 2.75) is 6.92 Å². The normalized spacial score (nSPS) is 10.4. The lowest BCUT2D eigenvalue weighted by atomic mass is 10.2. The number of anilines is 1. The van der Waals surface area contributed by atoms with E-state index in [0.29, 0.717) is 5.75 Å². The van der Waals surface area contributed by atoms with Crippen molar-refractivity contribution in [1.82, 2.24) is 5.43 Å². The van der Waals surface area contributed by atoms with Crippen molar-refractivity contribution in [3.05, 3.63) is 59.7 Å². The fourth-order valence-corrected chi connectivity index (χ4v) is 1.92. The molecule has 0 atom stereocenters. The Balaban J connectivity index is 1.83. The van der Waals surface area contributed by atoms with Gasteiger partial charge in [0.1, 0.15) is 5.75 Å². The van der Waals surface area contributed by atoms with E-state index < -0.39 is 0 Å². The van der Waals surface area contributed by atoms with Crippen LogP contribution in [0.1, 0.15) is 11.1 Å². The molecule has 0 saturated heterocycles. The summed E-state index contributed by atoms with van der Waals surface area (Å²) in [5.41, 5.74) is 10.4. The van der Waals surface area contributed by atoms with Crippen molar-refractivity contribution in [1.29, 1.82) is 0 Å². The second-order valence-corrected chi connectivity index (χ2v) is 5.39. The number of amides is 1. The first-order valence-corrected chi connectivity index (χ1v) is 7.62. The van der Waals surface area contributed by atoms with Crippen molar-refractivity contribution in [2.24, 2.45) is 10.8 Å². The minimum Gasteiger partial charge on any atom is -0.484 e. The van der Waals surface area contributed by atoms with Crippen molar-refractivity contribution in [3.8, 4) is 5.75 Å². The summed E-state index contributed by atoms with van der Waals surface area (Å²) >= 11 is 4.64. The molecule has 0 aliphatic heterocycles. The maximum Gasteiger partial charge on any atom is 0.262 e. The highest BCUT2D eigenvalue weighted by Crippen LogP contribution is 2.14. The minimum absolute atomic E-state index is 0.0647. The molecule has 0 aromatic heterocycles. The molecule has 0 spiro atoms. The van der Waals surface area contributed by atoms with Gasteiger partial charge in [-0.05, 0) is 60.6 Å². The van der Waals surface area contributed by atoms with Crippen LogP contribution in [0.25, 0.3) is 0 Å². The number of thiocarbonyl (C=S) groups is 1. The Morgan fingerprint density at radius 2 is 1.96 bits per heavy atom. The van der Waals surface area contributed by atoms with Gasteiger partial charge in [-0.2, -0.15) is 5.10 Å². The molecule has 0 radical (unpaired) electrons. The molecule has 0 bridgehead atoms. The van der Waals surface area contributed by atoms with Crippen molar-refractivity contribution < 1.29 is 9.53 Å². The smallest absolute Gasteiger partial charge is 0.262 e. The van der Waals surface area contributed by atoms with E-state index in [9.17, 15) is 4.79 Å². The topological polar surface area (TPSA) is 88.7 Å². The highest BCUT2D eigenvalue weighted by Gasteiger charge is 2.05. The van der Waals surface area contributed by atoms with Crippen molar-refractivity contribution >= 4 is 35.1 Å². The molecule has 4 N–H and O–H groups in total. The van der Waals surface area contributed by atoms with Crippen LogP contribution in [0.3, 0.4) is 0 Å². The van der Waals surface area contributed by atoms with Crippen LogP contribution in [0.2, 0.25) is 0 Å². The monoisotopic (exact) mass is 342 g/mol. The number of hydrazone groups is 1. The summed E-state index contributed by atoms with van der Waals surface area (Å²) in [5.74, 6) is 0.380. The van der Waals surface area contributed by atoms with E-state index in [4.69, 9.17) is 10.5 Å². The number of nitrogens with one attached hydrogen (secondary N) is 2. The van der Waals surface area contributed by atoms with Gasteiger partial charge in [-0.15, -0.1) is 0 Å². The molecule has 0 unspecified atom stereocenters. The van der Waals surface area contributed by atoms with Gasteiger partial charge in [-0.3, -0.25) is 10.2 Å². The fraction of sp³-hybridized carbons (Fsp3) is 0.118. The standard InChI is InChI=1S/C17H18N4O2S/c1-12-4-2-3-5-15(12)20-16(22)11-23-14-8-6-13(7-9-14)10-19-21-17(18)24/h2-10H,11H2,1H3,(H,20,22)(H3,18,21,24)/b19-10-. The summed E-state index contributed by atoms with van der Waals surface area (Å²) in [5, 5.41) is 6.77. The molecule has 0 fully saturated rings. The molecule has 124 valence electrons. The van der Waals surface area contributed by atoms with Gasteiger partial charge in [0.05, 0.1) is 6.21 Å². The quantitative estimate of drug-likeness (QED) is 0.425. The fourth-order valence-electron chi connectivity index (χ4n) is 1.87. The number of nitrogens with two attached hydrogens (primary N) is 1. The number of aryl methyl sites for hydroxylation is 1. The maximum absolute atomic E-state index is 11.9. The summed E-state index contributed by atoms with van der Waals surface area (Å²) in [4.78, 5) is 11.9. The highest BCUT2D eigenvalue weighted by atomic mass is 32.1. The van der Waals surface area contributed by atoms with E-state index in [1.54, 1.807) is 30.5 Å². The first-order chi connectivity index (χ1) is 11.5. The Hall–Kier alpha value is -2.93. The third-order valence-electron chi connectivity index (χ3n) is 3.06. The number of para-hydroxylation sites is 1. The van der Waals surface area contributed by atoms with E-state index in [-0.39, 0.29) is 17.6 Å². The van der Waals surface area contributed by atoms with Crippen LogP contribution in [0.4, 0.5) is 5.69 Å². The van der Waals surface area contributed by atoms with E-state index >= 15 is 0 Å². The average molecular weight is 342 g/mol. The lowest BCUT2D eigenvalue weighted by Crippen LogP contribution is -2.23. The van der Waals surface area contributed by atoms with E-state index in [0.717, 1.165) is 16.8 Å². The van der Waals surface area contributed by atoms with Crippen LogP contribution in [0, 0.1) is 6.92 Å². The first kappa shape index (κ1) is 17.4. The van der Waals surface area contributed by atoms with Crippen LogP contribution in [0.5, 0.6) is 5.75 Å². The Kier molecular flexibility index (Phi) is 6.27. The molecular weight excluding hydrogens is 324 g/mol. The van der Waals surface area contributed by atoms with Crippen LogP contribution in [-0.2, 0) is 4.79 Å². The van der Waals surface area contributed by atoms with E-state index in [2.05, 4.69) is 28.1 Å². The summed E-state index contributed by atoms with van der Waals surface area (Å²) in [6, 6.07) is 14.7. The lowest BCUT2D eigenvalue weighted by molar-refractivity contribution is -0.118. The summed E-state index contributed by atoms with van der Waals surface area (Å²) in [6.45, 7) is 1.87. The molecule has 2 aromatic rings. The van der Waals surface area contributed by atoms with E-state index in [1.807, 2.05) is 31.2 Å². The van der Waals surface area contributed by atoms with Gasteiger partial charge in [0.2, 0.25) is 0 Å². The Morgan fingerprint density at radius 1 is 1.25 bits per heavy atom. The Labute approximate surface area is 145 Å². The number of nitrogens with zero attached hydrogens (tertiary/aromatic N) is 1. The summed E-state index contributed by atoms with van der Waals surface area (Å²) < 4.78 is 5.46. The van der Waals surface area contributed by atoms with Crippen molar-refractivity contribution in [2.75, 3.05) is 11.9 Å². The van der Waals surface area contributed by atoms with Gasteiger partial charge < -0.3 is 15.8 Å². The molecule has 6 nitrogen and oxygen atoms in total. The largest absolute Gasteiger partial charge is 0.484 e. The zero-order chi connectivity index (χ0) is 17.4. The van der Waals surface area contributed by atoms with Gasteiger partial charge >= 0.3 is 0 Å². The number of hydrogen-bond acceptors (Lipinski definition) is 4. The zero-order valence-corrected chi connectivity index (χ0v) is 14.0. The number of carbonyl (C=O) groups excluding carboxylic acids is 1. The minimum atomic E-state index is -0.212. The molecular formula is C17H18N4O2S. The molecule has 2 rings (SSSR count). The number of ether oxygens (including phenoxy) is 1. The van der Waals surface area contributed by atoms with Crippen LogP contribution in [0.15, 0.2) is 53.6 Å². The third kappa shape index (κ3) is 5.69. The lowest BCUT2D eigenvalue weighted by Gasteiger charge is -2.09. The molecule has 1 amide bonds. The molecule has 0 aliphatic rings. The predicted octanol–water partition coefficient (Wildman–Crippen LogP) is 2.18. The van der Waals surface area contributed by atoms with Crippen LogP contribution < -0.4 is 21.2 Å². The third-order valence-corrected chi connectivity index (χ3v) is 3.15. The number of rotatable bonds is 6. The number of benzene rings is 2. The average Bonchev–Trinajstić information content (AvgIpc) is 2.56. The van der Waals surface area contributed by atoms with Gasteiger partial charge in [0, 0.05) is 5.69 Å². The van der Waals surface area contributed by atoms with Crippen molar-refractivity contribution in [3.63, 3.8) is 0 Å². The molecule has 7 heteroatoms. The Morgan fingerprint density at radius 3 is 2.62 bits per heavy atom. The van der Waals surface area contributed by atoms with Crippen LogP contribution in [-0.4, -0.2) is 23.8 Å². The second kappa shape index (κ2) is 8.64. The zero-order valence-electron chi connectivity index (χ0n) is 13.2. The van der Waals surface area contributed by atoms with Crippen LogP contribution >= 0.6 is 12.2 Å². The first-order valence-electron chi connectivity index (χ1n) is 7.21. The number of hydrogen-bond donors (Lipinski definition) is 3. The van der Waals surface area contributed by atoms with Gasteiger partial charge in [-0.1, -0.05) is 18.2 Å². The SMILES string of the molecule is Cc1ccccc1NC(=O)COc1ccc(/C=N\NC(N)=S)cc1. The molecule has 0 heterocycles. The van der Waals surface area contributed by atoms with Gasteiger partial charge in [0.15, 0.2) is 11.7 Å². The van der Waals surface area contributed by atoms with Gasteiger partial charge in [0.25, 0.3) is 5.91 Å². The Bertz CT molecular complexity index is 745. The van der Waals surface area contributed by atoms with Gasteiger partial charge in [-0.25, -0.2) is 0 Å². The molecule has 2 aromatic carbocycles. The maximum atomic E-state index is 11.9. The number of carbonyl (C=O) groups is 1. The molecule has 0 aliphatic carbocycles. The van der Waals surface area contributed by atoms with E-state index in [1.165, 1.54) is 0 Å². The molecule has 24 heavy (non-hydrogen) atoms. The predicted molar refractivity (Wildman–Crippen MR) is 99.3 cm³/mol.